The van der Waals surface area contributed by atoms with E-state index in [1.807, 2.05) is 0 Å². The van der Waals surface area contributed by atoms with Gasteiger partial charge in [0.05, 0.1) is 7.11 Å². The predicted molar refractivity (Wildman–Crippen MR) is 54.3 cm³/mol. The molecule has 4 heteroatoms. The Labute approximate surface area is 88.7 Å². The van der Waals surface area contributed by atoms with Crippen molar-refractivity contribution in [1.29, 1.82) is 0 Å². The normalized spacial score (nSPS) is 30.5. The lowest BCUT2D eigenvalue weighted by molar-refractivity contribution is -0.151. The fourth-order valence-corrected chi connectivity index (χ4v) is 2.44. The van der Waals surface area contributed by atoms with Crippen molar-refractivity contribution < 1.29 is 14.3 Å². The van der Waals surface area contributed by atoms with Gasteiger partial charge in [-0.05, 0) is 31.0 Å². The molecule has 1 saturated heterocycles. The second-order valence-corrected chi connectivity index (χ2v) is 4.14. The molecule has 1 atom stereocenters. The van der Waals surface area contributed by atoms with Crippen LogP contribution < -0.4 is 5.32 Å². The first-order valence-electron chi connectivity index (χ1n) is 5.22. The summed E-state index contributed by atoms with van der Waals surface area (Å²) < 4.78 is 4.85. The van der Waals surface area contributed by atoms with Gasteiger partial charge in [-0.2, -0.15) is 0 Å². The third-order valence-electron chi connectivity index (χ3n) is 3.32. The van der Waals surface area contributed by atoms with Gasteiger partial charge in [-0.1, -0.05) is 0 Å². The van der Waals surface area contributed by atoms with E-state index in [0.717, 1.165) is 18.5 Å². The number of allylic oxidation sites excluding steroid dienone is 1. The summed E-state index contributed by atoms with van der Waals surface area (Å²) in [5, 5.41) is 3.20. The molecule has 1 heterocycles. The van der Waals surface area contributed by atoms with Gasteiger partial charge >= 0.3 is 5.97 Å². The van der Waals surface area contributed by atoms with Crippen LogP contribution in [0.3, 0.4) is 0 Å². The summed E-state index contributed by atoms with van der Waals surface area (Å²) in [4.78, 5) is 23.1. The standard InChI is InChI=1S/C11H15NO3/c1-15-10(14)11-4-2-9(13)6-8(11)3-5-12-7-11/h6,12H,2-5,7H2,1H3. The number of fused-ring (bicyclic) bond motifs is 1. The lowest BCUT2D eigenvalue weighted by Gasteiger charge is -2.39. The van der Waals surface area contributed by atoms with E-state index in [4.69, 9.17) is 4.74 Å². The maximum Gasteiger partial charge on any atom is 0.317 e. The van der Waals surface area contributed by atoms with Gasteiger partial charge in [0.25, 0.3) is 0 Å². The van der Waals surface area contributed by atoms with Crippen LogP contribution in [0.2, 0.25) is 0 Å². The van der Waals surface area contributed by atoms with Crippen LogP contribution in [-0.4, -0.2) is 32.0 Å². The number of rotatable bonds is 1. The molecule has 0 aromatic heterocycles. The molecule has 1 unspecified atom stereocenters. The van der Waals surface area contributed by atoms with Gasteiger partial charge in [-0.15, -0.1) is 0 Å². The molecule has 1 aliphatic heterocycles. The predicted octanol–water partition coefficient (Wildman–Crippen LogP) is 0.428. The molecule has 4 nitrogen and oxygen atoms in total. The highest BCUT2D eigenvalue weighted by Gasteiger charge is 2.46. The van der Waals surface area contributed by atoms with Crippen LogP contribution in [0.15, 0.2) is 11.6 Å². The van der Waals surface area contributed by atoms with E-state index < -0.39 is 5.41 Å². The van der Waals surface area contributed by atoms with Crippen LogP contribution in [0.1, 0.15) is 19.3 Å². The first-order chi connectivity index (χ1) is 7.19. The van der Waals surface area contributed by atoms with Crippen molar-refractivity contribution in [1.82, 2.24) is 5.32 Å². The van der Waals surface area contributed by atoms with E-state index in [2.05, 4.69) is 5.32 Å². The zero-order valence-corrected chi connectivity index (χ0v) is 8.84. The minimum absolute atomic E-state index is 0.131. The SMILES string of the molecule is COC(=O)C12CCC(=O)C=C1CCNC2. The zero-order chi connectivity index (χ0) is 10.9. The van der Waals surface area contributed by atoms with Gasteiger partial charge in [-0.3, -0.25) is 9.59 Å². The van der Waals surface area contributed by atoms with Crippen LogP contribution in [0, 0.1) is 5.41 Å². The summed E-state index contributed by atoms with van der Waals surface area (Å²) in [6, 6.07) is 0. The van der Waals surface area contributed by atoms with Crippen LogP contribution in [0.4, 0.5) is 0 Å². The molecule has 0 spiro atoms. The van der Waals surface area contributed by atoms with Gasteiger partial charge < -0.3 is 10.1 Å². The van der Waals surface area contributed by atoms with Gasteiger partial charge in [0, 0.05) is 13.0 Å². The van der Waals surface area contributed by atoms with Crippen molar-refractivity contribution in [2.24, 2.45) is 5.41 Å². The molecule has 0 aromatic rings. The van der Waals surface area contributed by atoms with Gasteiger partial charge in [-0.25, -0.2) is 0 Å². The molecule has 1 N–H and O–H groups in total. The topological polar surface area (TPSA) is 55.4 Å². The minimum Gasteiger partial charge on any atom is -0.468 e. The Hall–Kier alpha value is -1.16. The lowest BCUT2D eigenvalue weighted by atomic mass is 9.69. The number of nitrogens with one attached hydrogen (secondary N) is 1. The number of hydrogen-bond acceptors (Lipinski definition) is 4. The molecular formula is C11H15NO3. The van der Waals surface area contributed by atoms with Crippen molar-refractivity contribution in [2.75, 3.05) is 20.2 Å². The van der Waals surface area contributed by atoms with Crippen molar-refractivity contribution in [2.45, 2.75) is 19.3 Å². The third kappa shape index (κ3) is 1.59. The van der Waals surface area contributed by atoms with Crippen LogP contribution >= 0.6 is 0 Å². The maximum atomic E-state index is 11.8. The second kappa shape index (κ2) is 3.77. The number of esters is 1. The molecule has 0 radical (unpaired) electrons. The Bertz CT molecular complexity index is 335. The van der Waals surface area contributed by atoms with Crippen molar-refractivity contribution >= 4 is 11.8 Å². The van der Waals surface area contributed by atoms with Crippen molar-refractivity contribution in [3.05, 3.63) is 11.6 Å². The highest BCUT2D eigenvalue weighted by Crippen LogP contribution is 2.40. The van der Waals surface area contributed by atoms with E-state index in [1.165, 1.54) is 7.11 Å². The molecule has 2 rings (SSSR count). The zero-order valence-electron chi connectivity index (χ0n) is 8.84. The highest BCUT2D eigenvalue weighted by atomic mass is 16.5. The van der Waals surface area contributed by atoms with E-state index >= 15 is 0 Å². The number of methoxy groups -OCH3 is 1. The van der Waals surface area contributed by atoms with Crippen LogP contribution in [0.5, 0.6) is 0 Å². The summed E-state index contributed by atoms with van der Waals surface area (Å²) in [5.41, 5.74) is 0.380. The number of carbonyl (C=O) groups excluding carboxylic acids is 2. The van der Waals surface area contributed by atoms with Gasteiger partial charge in [0.2, 0.25) is 0 Å². The fourth-order valence-electron chi connectivity index (χ4n) is 2.44. The highest BCUT2D eigenvalue weighted by molar-refractivity contribution is 5.95. The first-order valence-corrected chi connectivity index (χ1v) is 5.22. The average molecular weight is 209 g/mol. The van der Waals surface area contributed by atoms with Crippen LogP contribution in [0.25, 0.3) is 0 Å². The number of carbonyl (C=O) groups is 2. The fraction of sp³-hybridized carbons (Fsp3) is 0.636. The average Bonchev–Trinajstić information content (AvgIpc) is 2.28. The van der Waals surface area contributed by atoms with Gasteiger partial charge in [0.15, 0.2) is 5.78 Å². The summed E-state index contributed by atoms with van der Waals surface area (Å²) in [5.74, 6) is -0.0834. The minimum atomic E-state index is -0.569. The summed E-state index contributed by atoms with van der Waals surface area (Å²) >= 11 is 0. The number of hydrogen-bond donors (Lipinski definition) is 1. The Morgan fingerprint density at radius 3 is 3.07 bits per heavy atom. The number of piperidine rings is 1. The van der Waals surface area contributed by atoms with E-state index in [9.17, 15) is 9.59 Å². The largest absolute Gasteiger partial charge is 0.468 e. The summed E-state index contributed by atoms with van der Waals surface area (Å²) in [6.45, 7) is 1.43. The maximum absolute atomic E-state index is 11.8. The Morgan fingerprint density at radius 2 is 2.33 bits per heavy atom. The Balaban J connectivity index is 2.37. The van der Waals surface area contributed by atoms with E-state index in [0.29, 0.717) is 19.4 Å². The lowest BCUT2D eigenvalue weighted by Crippen LogP contribution is -2.49. The number of ether oxygens (including phenoxy) is 1. The summed E-state index contributed by atoms with van der Waals surface area (Å²) in [7, 11) is 1.40. The summed E-state index contributed by atoms with van der Waals surface area (Å²) in [6.07, 6.45) is 3.43. The smallest absolute Gasteiger partial charge is 0.317 e. The Kier molecular flexibility index (Phi) is 2.61. The molecule has 1 fully saturated rings. The molecule has 82 valence electrons. The monoisotopic (exact) mass is 209 g/mol. The molecule has 15 heavy (non-hydrogen) atoms. The van der Waals surface area contributed by atoms with Crippen molar-refractivity contribution in [3.8, 4) is 0 Å². The molecule has 1 aliphatic carbocycles. The number of ketones is 1. The quantitative estimate of drug-likeness (QED) is 0.636. The molecule has 2 aliphatic rings. The molecular weight excluding hydrogens is 194 g/mol. The Morgan fingerprint density at radius 1 is 1.53 bits per heavy atom. The molecule has 0 saturated carbocycles. The van der Waals surface area contributed by atoms with E-state index in [1.54, 1.807) is 6.08 Å². The molecule has 0 bridgehead atoms. The van der Waals surface area contributed by atoms with Gasteiger partial charge in [0.1, 0.15) is 5.41 Å². The second-order valence-electron chi connectivity index (χ2n) is 4.14. The van der Waals surface area contributed by atoms with Crippen LogP contribution in [-0.2, 0) is 14.3 Å². The van der Waals surface area contributed by atoms with Crippen molar-refractivity contribution in [3.63, 3.8) is 0 Å². The van der Waals surface area contributed by atoms with E-state index in [-0.39, 0.29) is 11.8 Å². The molecule has 0 amide bonds. The first kappa shape index (κ1) is 10.4. The molecule has 0 aromatic carbocycles. The third-order valence-corrected chi connectivity index (χ3v) is 3.32.